The van der Waals surface area contributed by atoms with Gasteiger partial charge in [0.2, 0.25) is 0 Å². The maximum atomic E-state index is 6.25. The van der Waals surface area contributed by atoms with Gasteiger partial charge in [-0.1, -0.05) is 6.42 Å². The number of ether oxygens (including phenoxy) is 3. The van der Waals surface area contributed by atoms with Gasteiger partial charge in [0.05, 0.1) is 45.4 Å². The Kier molecular flexibility index (Phi) is 4.87. The average Bonchev–Trinajstić information content (AvgIpc) is 2.88. The Balaban J connectivity index is 0.00000132. The van der Waals surface area contributed by atoms with E-state index >= 15 is 0 Å². The summed E-state index contributed by atoms with van der Waals surface area (Å²) in [4.78, 5) is 0. The van der Waals surface area contributed by atoms with E-state index in [1.54, 1.807) is 0 Å². The molecule has 2 saturated heterocycles. The van der Waals surface area contributed by atoms with Crippen LogP contribution in [0.5, 0.6) is 0 Å². The number of hydrogen-bond acceptors (Lipinski definition) is 3. The minimum absolute atomic E-state index is 0. The van der Waals surface area contributed by atoms with Gasteiger partial charge in [-0.3, -0.25) is 0 Å². The molecule has 2 heterocycles. The van der Waals surface area contributed by atoms with Gasteiger partial charge >= 0.3 is 0 Å². The van der Waals surface area contributed by atoms with Crippen LogP contribution < -0.4 is 0 Å². The van der Waals surface area contributed by atoms with Crippen LogP contribution in [-0.2, 0) is 14.2 Å². The van der Waals surface area contributed by atoms with E-state index in [0.717, 1.165) is 39.5 Å². The predicted molar refractivity (Wildman–Crippen MR) is 90.6 cm³/mol. The highest BCUT2D eigenvalue weighted by Gasteiger charge is 2.61. The van der Waals surface area contributed by atoms with E-state index in [1.807, 2.05) is 0 Å². The van der Waals surface area contributed by atoms with E-state index < -0.39 is 0 Å². The molecule has 0 N–H and O–H groups in total. The van der Waals surface area contributed by atoms with Gasteiger partial charge in [-0.05, 0) is 19.3 Å². The standard InChI is InChI=1S/C16H28NO3.HI/c1-17(7-9-18-10-8-17)15-6-5-13-3-2-4-14(15)16(13)19-11-12-20-16;/h13-15H,2-12H2,1H3;1H/q+1;. The third-order valence-electron chi connectivity index (χ3n) is 6.46. The molecule has 4 aliphatic rings. The first-order valence-electron chi connectivity index (χ1n) is 8.44. The second kappa shape index (κ2) is 6.23. The molecule has 2 aliphatic carbocycles. The summed E-state index contributed by atoms with van der Waals surface area (Å²) in [6.45, 7) is 5.73. The third-order valence-corrected chi connectivity index (χ3v) is 6.46. The largest absolute Gasteiger partial charge is 0.370 e. The van der Waals surface area contributed by atoms with Crippen LogP contribution >= 0.6 is 24.0 Å². The minimum Gasteiger partial charge on any atom is -0.370 e. The quantitative estimate of drug-likeness (QED) is 0.491. The van der Waals surface area contributed by atoms with Gasteiger partial charge in [0.15, 0.2) is 5.79 Å². The number of halogens is 1. The molecule has 0 aromatic rings. The Hall–Kier alpha value is 0.570. The van der Waals surface area contributed by atoms with E-state index in [4.69, 9.17) is 14.2 Å². The lowest BCUT2D eigenvalue weighted by atomic mass is 9.64. The zero-order valence-corrected chi connectivity index (χ0v) is 15.4. The smallest absolute Gasteiger partial charge is 0.179 e. The number of quaternary nitrogens is 1. The van der Waals surface area contributed by atoms with Crippen LogP contribution in [0.25, 0.3) is 0 Å². The fourth-order valence-electron chi connectivity index (χ4n) is 5.40. The Morgan fingerprint density at radius 1 is 0.905 bits per heavy atom. The summed E-state index contributed by atoms with van der Waals surface area (Å²) in [5, 5.41) is 0. The SMILES string of the molecule is C[N+]1(C2CCC3CCCC2C32OCCO2)CCOCC1.I. The lowest BCUT2D eigenvalue weighted by Crippen LogP contribution is -2.68. The molecular formula is C16H29INO3+. The van der Waals surface area contributed by atoms with Crippen molar-refractivity contribution in [1.29, 1.82) is 0 Å². The van der Waals surface area contributed by atoms with Crippen LogP contribution in [0, 0.1) is 11.8 Å². The second-order valence-electron chi connectivity index (χ2n) is 7.34. The molecule has 1 spiro atoms. The van der Waals surface area contributed by atoms with Gasteiger partial charge in [0.25, 0.3) is 0 Å². The molecule has 5 heteroatoms. The highest BCUT2D eigenvalue weighted by atomic mass is 127. The third kappa shape index (κ3) is 2.57. The van der Waals surface area contributed by atoms with Crippen LogP contribution in [0.15, 0.2) is 0 Å². The van der Waals surface area contributed by atoms with Gasteiger partial charge in [0.1, 0.15) is 13.1 Å². The van der Waals surface area contributed by atoms with Crippen molar-refractivity contribution in [3.8, 4) is 0 Å². The Labute approximate surface area is 145 Å². The maximum Gasteiger partial charge on any atom is 0.179 e. The number of hydrogen-bond donors (Lipinski definition) is 0. The molecule has 0 radical (unpaired) electrons. The van der Waals surface area contributed by atoms with Crippen LogP contribution in [0.3, 0.4) is 0 Å². The predicted octanol–water partition coefficient (Wildman–Crippen LogP) is 2.40. The molecule has 0 aromatic heterocycles. The first-order valence-corrected chi connectivity index (χ1v) is 8.44. The van der Waals surface area contributed by atoms with Crippen molar-refractivity contribution in [3.63, 3.8) is 0 Å². The molecule has 4 nitrogen and oxygen atoms in total. The van der Waals surface area contributed by atoms with E-state index in [1.165, 1.54) is 36.6 Å². The zero-order chi connectivity index (χ0) is 13.6. The van der Waals surface area contributed by atoms with Crippen molar-refractivity contribution in [2.45, 2.75) is 43.9 Å². The molecule has 0 aromatic carbocycles. The summed E-state index contributed by atoms with van der Waals surface area (Å²) in [5.41, 5.74) is 0. The van der Waals surface area contributed by atoms with E-state index in [-0.39, 0.29) is 29.8 Å². The van der Waals surface area contributed by atoms with E-state index in [2.05, 4.69) is 7.05 Å². The lowest BCUT2D eigenvalue weighted by molar-refractivity contribution is -0.947. The van der Waals surface area contributed by atoms with Gasteiger partial charge in [-0.15, -0.1) is 24.0 Å². The highest BCUT2D eigenvalue weighted by molar-refractivity contribution is 14.0. The number of morpholine rings is 1. The van der Waals surface area contributed by atoms with Gasteiger partial charge in [-0.2, -0.15) is 0 Å². The van der Waals surface area contributed by atoms with E-state index in [9.17, 15) is 0 Å². The second-order valence-corrected chi connectivity index (χ2v) is 7.34. The summed E-state index contributed by atoms with van der Waals surface area (Å²) in [6.07, 6.45) is 6.58. The van der Waals surface area contributed by atoms with Crippen molar-refractivity contribution in [2.24, 2.45) is 11.8 Å². The van der Waals surface area contributed by atoms with E-state index in [0.29, 0.717) is 17.9 Å². The molecular weight excluding hydrogens is 381 g/mol. The number of rotatable bonds is 1. The molecule has 4 fully saturated rings. The summed E-state index contributed by atoms with van der Waals surface area (Å²) in [7, 11) is 2.44. The van der Waals surface area contributed by atoms with Crippen LogP contribution in [-0.4, -0.2) is 62.9 Å². The maximum absolute atomic E-state index is 6.25. The molecule has 3 atom stereocenters. The summed E-state index contributed by atoms with van der Waals surface area (Å²) >= 11 is 0. The Morgan fingerprint density at radius 3 is 2.33 bits per heavy atom. The zero-order valence-electron chi connectivity index (χ0n) is 13.1. The fraction of sp³-hybridized carbons (Fsp3) is 1.00. The van der Waals surface area contributed by atoms with Crippen LogP contribution in [0.4, 0.5) is 0 Å². The molecule has 2 aliphatic heterocycles. The summed E-state index contributed by atoms with van der Waals surface area (Å²) in [5.74, 6) is 1.02. The van der Waals surface area contributed by atoms with Crippen LogP contribution in [0.2, 0.25) is 0 Å². The topological polar surface area (TPSA) is 27.7 Å². The molecule has 0 amide bonds. The van der Waals surface area contributed by atoms with Crippen LogP contribution in [0.1, 0.15) is 32.1 Å². The number of likely N-dealkylation sites (N-methyl/N-ethyl adjacent to an activating group) is 1. The Morgan fingerprint density at radius 2 is 1.62 bits per heavy atom. The van der Waals surface area contributed by atoms with Crippen molar-refractivity contribution in [2.75, 3.05) is 46.6 Å². The molecule has 2 saturated carbocycles. The van der Waals surface area contributed by atoms with Gasteiger partial charge in [0, 0.05) is 12.3 Å². The van der Waals surface area contributed by atoms with Crippen molar-refractivity contribution in [1.82, 2.24) is 0 Å². The van der Waals surface area contributed by atoms with Crippen molar-refractivity contribution in [3.05, 3.63) is 0 Å². The molecule has 21 heavy (non-hydrogen) atoms. The first kappa shape index (κ1) is 16.4. The van der Waals surface area contributed by atoms with Crippen molar-refractivity contribution >= 4 is 24.0 Å². The molecule has 122 valence electrons. The van der Waals surface area contributed by atoms with Crippen molar-refractivity contribution < 1.29 is 18.7 Å². The lowest BCUT2D eigenvalue weighted by Gasteiger charge is -2.57. The Bertz CT molecular complexity index is 367. The molecule has 4 rings (SSSR count). The molecule has 2 bridgehead atoms. The minimum atomic E-state index is -0.221. The normalized spacial score (nSPS) is 40.7. The number of nitrogens with zero attached hydrogens (tertiary/aromatic N) is 1. The highest BCUT2D eigenvalue weighted by Crippen LogP contribution is 2.53. The summed E-state index contributed by atoms with van der Waals surface area (Å²) < 4.78 is 19.3. The average molecular weight is 410 g/mol. The fourth-order valence-corrected chi connectivity index (χ4v) is 5.40. The monoisotopic (exact) mass is 410 g/mol. The first-order chi connectivity index (χ1) is 9.75. The van der Waals surface area contributed by atoms with Gasteiger partial charge < -0.3 is 18.7 Å². The summed E-state index contributed by atoms with van der Waals surface area (Å²) in [6, 6.07) is 0.702. The van der Waals surface area contributed by atoms with Gasteiger partial charge in [-0.25, -0.2) is 0 Å². The molecule has 3 unspecified atom stereocenters.